The maximum absolute atomic E-state index is 12.8. The highest BCUT2D eigenvalue weighted by Crippen LogP contribution is 2.29. The minimum absolute atomic E-state index is 0.126. The Morgan fingerprint density at radius 2 is 1.88 bits per heavy atom. The quantitative estimate of drug-likeness (QED) is 0.547. The van der Waals surface area contributed by atoms with Crippen LogP contribution in [0.3, 0.4) is 0 Å². The zero-order valence-corrected chi connectivity index (χ0v) is 18.1. The number of ether oxygens (including phenoxy) is 1. The van der Waals surface area contributed by atoms with E-state index < -0.39 is 23.6 Å². The van der Waals surface area contributed by atoms with Gasteiger partial charge in [-0.25, -0.2) is 9.67 Å². The van der Waals surface area contributed by atoms with Crippen molar-refractivity contribution < 1.29 is 27.5 Å². The van der Waals surface area contributed by atoms with Gasteiger partial charge in [0.05, 0.1) is 23.0 Å². The van der Waals surface area contributed by atoms with Gasteiger partial charge in [-0.2, -0.15) is 18.3 Å². The van der Waals surface area contributed by atoms with Crippen LogP contribution in [0.25, 0.3) is 5.82 Å². The standard InChI is InChI=1S/C22H22F3N5O3/c1-13(2)20-17(11-27-30(20)18-8-7-15(10-26-18)22(23,24)25)21(32)29-28-19(31)12-33-16-6-4-5-14(3)9-16/h4-11,13H,12H2,1-3H3,(H,28,31)(H,29,32). The lowest BCUT2D eigenvalue weighted by atomic mass is 10.1. The lowest BCUT2D eigenvalue weighted by Crippen LogP contribution is -2.44. The van der Waals surface area contributed by atoms with E-state index in [4.69, 9.17) is 4.74 Å². The SMILES string of the molecule is Cc1cccc(OCC(=O)NNC(=O)c2cnn(-c3ccc(C(F)(F)F)cn3)c2C(C)C)c1. The number of halogens is 3. The van der Waals surface area contributed by atoms with Crippen molar-refractivity contribution in [2.45, 2.75) is 32.9 Å². The van der Waals surface area contributed by atoms with E-state index in [0.717, 1.165) is 11.6 Å². The van der Waals surface area contributed by atoms with Crippen LogP contribution in [0.2, 0.25) is 0 Å². The van der Waals surface area contributed by atoms with Gasteiger partial charge in [-0.15, -0.1) is 0 Å². The van der Waals surface area contributed by atoms with Crippen molar-refractivity contribution in [2.75, 3.05) is 6.61 Å². The van der Waals surface area contributed by atoms with E-state index in [2.05, 4.69) is 20.9 Å². The van der Waals surface area contributed by atoms with Gasteiger partial charge in [0.15, 0.2) is 12.4 Å². The third-order valence-corrected chi connectivity index (χ3v) is 4.57. The fourth-order valence-electron chi connectivity index (χ4n) is 3.03. The summed E-state index contributed by atoms with van der Waals surface area (Å²) in [5.74, 6) is -0.795. The molecule has 2 heterocycles. The largest absolute Gasteiger partial charge is 0.484 e. The van der Waals surface area contributed by atoms with Crippen molar-refractivity contribution in [2.24, 2.45) is 0 Å². The molecule has 33 heavy (non-hydrogen) atoms. The molecular weight excluding hydrogens is 439 g/mol. The fourth-order valence-corrected chi connectivity index (χ4v) is 3.03. The summed E-state index contributed by atoms with van der Waals surface area (Å²) in [6, 6.07) is 9.22. The van der Waals surface area contributed by atoms with Crippen molar-refractivity contribution >= 4 is 11.8 Å². The molecule has 0 atom stereocenters. The third kappa shape index (κ3) is 5.88. The van der Waals surface area contributed by atoms with Gasteiger partial charge in [-0.05, 0) is 42.7 Å². The molecular formula is C22H22F3N5O3. The smallest absolute Gasteiger partial charge is 0.417 e. The fraction of sp³-hybridized carbons (Fsp3) is 0.273. The number of pyridine rings is 1. The molecule has 2 N–H and O–H groups in total. The van der Waals surface area contributed by atoms with Crippen LogP contribution in [0.5, 0.6) is 5.75 Å². The van der Waals surface area contributed by atoms with Crippen LogP contribution in [0.1, 0.15) is 46.9 Å². The Morgan fingerprint density at radius 3 is 2.48 bits per heavy atom. The number of hydrazine groups is 1. The number of aromatic nitrogens is 3. The maximum Gasteiger partial charge on any atom is 0.417 e. The Hall–Kier alpha value is -3.89. The van der Waals surface area contributed by atoms with Crippen LogP contribution in [-0.2, 0) is 11.0 Å². The number of amides is 2. The van der Waals surface area contributed by atoms with Crippen LogP contribution in [0.15, 0.2) is 48.8 Å². The topological polar surface area (TPSA) is 98.1 Å². The molecule has 0 bridgehead atoms. The molecule has 1 aromatic carbocycles. The van der Waals surface area contributed by atoms with Gasteiger partial charge in [-0.3, -0.25) is 20.4 Å². The first kappa shape index (κ1) is 23.8. The van der Waals surface area contributed by atoms with Crippen molar-refractivity contribution in [1.82, 2.24) is 25.6 Å². The van der Waals surface area contributed by atoms with E-state index >= 15 is 0 Å². The molecule has 3 rings (SSSR count). The van der Waals surface area contributed by atoms with Crippen molar-refractivity contribution in [3.8, 4) is 11.6 Å². The van der Waals surface area contributed by atoms with Gasteiger partial charge in [0, 0.05) is 6.20 Å². The Bertz CT molecular complexity index is 1140. The summed E-state index contributed by atoms with van der Waals surface area (Å²) < 4.78 is 45.1. The summed E-state index contributed by atoms with van der Waals surface area (Å²) >= 11 is 0. The molecule has 0 radical (unpaired) electrons. The number of hydrogen-bond donors (Lipinski definition) is 2. The third-order valence-electron chi connectivity index (χ3n) is 4.57. The summed E-state index contributed by atoms with van der Waals surface area (Å²) in [6.07, 6.45) is -2.54. The van der Waals surface area contributed by atoms with Gasteiger partial charge < -0.3 is 4.74 Å². The maximum atomic E-state index is 12.8. The number of hydrogen-bond acceptors (Lipinski definition) is 5. The molecule has 0 spiro atoms. The first-order chi connectivity index (χ1) is 15.6. The average molecular weight is 461 g/mol. The van der Waals surface area contributed by atoms with E-state index in [1.807, 2.05) is 13.0 Å². The first-order valence-electron chi connectivity index (χ1n) is 9.96. The number of nitrogens with zero attached hydrogens (tertiary/aromatic N) is 3. The number of rotatable bonds is 6. The van der Waals surface area contributed by atoms with Gasteiger partial charge in [0.25, 0.3) is 11.8 Å². The normalized spacial score (nSPS) is 11.4. The Labute approximate surface area is 187 Å². The zero-order valence-electron chi connectivity index (χ0n) is 18.1. The summed E-state index contributed by atoms with van der Waals surface area (Å²) in [5.41, 5.74) is 5.21. The van der Waals surface area contributed by atoms with Crippen molar-refractivity contribution in [3.05, 3.63) is 71.2 Å². The van der Waals surface area contributed by atoms with Crippen LogP contribution < -0.4 is 15.6 Å². The van der Waals surface area contributed by atoms with Gasteiger partial charge in [0.2, 0.25) is 0 Å². The molecule has 0 unspecified atom stereocenters. The number of carbonyl (C=O) groups is 2. The summed E-state index contributed by atoms with van der Waals surface area (Å²) in [6.45, 7) is 5.17. The van der Waals surface area contributed by atoms with E-state index in [1.54, 1.807) is 32.0 Å². The van der Waals surface area contributed by atoms with E-state index in [0.29, 0.717) is 17.6 Å². The minimum Gasteiger partial charge on any atom is -0.484 e. The molecule has 0 aliphatic rings. The van der Waals surface area contributed by atoms with Crippen LogP contribution in [-0.4, -0.2) is 33.2 Å². The highest BCUT2D eigenvalue weighted by atomic mass is 19.4. The molecule has 8 nitrogen and oxygen atoms in total. The Morgan fingerprint density at radius 1 is 1.12 bits per heavy atom. The molecule has 0 saturated carbocycles. The number of nitrogens with one attached hydrogen (secondary N) is 2. The molecule has 3 aromatic rings. The van der Waals surface area contributed by atoms with Crippen LogP contribution in [0.4, 0.5) is 13.2 Å². The molecule has 174 valence electrons. The molecule has 0 fully saturated rings. The molecule has 11 heteroatoms. The molecule has 0 aliphatic carbocycles. The highest BCUT2D eigenvalue weighted by Gasteiger charge is 2.31. The molecule has 2 amide bonds. The predicted molar refractivity (Wildman–Crippen MR) is 113 cm³/mol. The second-order valence-corrected chi connectivity index (χ2v) is 7.52. The number of carbonyl (C=O) groups excluding carboxylic acids is 2. The predicted octanol–water partition coefficient (Wildman–Crippen LogP) is 3.56. The van der Waals surface area contributed by atoms with E-state index in [-0.39, 0.29) is 23.9 Å². The number of benzene rings is 1. The highest BCUT2D eigenvalue weighted by molar-refractivity contribution is 5.96. The summed E-state index contributed by atoms with van der Waals surface area (Å²) in [7, 11) is 0. The van der Waals surface area contributed by atoms with Crippen molar-refractivity contribution in [3.63, 3.8) is 0 Å². The molecule has 2 aromatic heterocycles. The van der Waals surface area contributed by atoms with Crippen LogP contribution in [0, 0.1) is 6.92 Å². The summed E-state index contributed by atoms with van der Waals surface area (Å²) in [4.78, 5) is 28.5. The summed E-state index contributed by atoms with van der Waals surface area (Å²) in [5, 5.41) is 4.11. The lowest BCUT2D eigenvalue weighted by molar-refractivity contribution is -0.137. The minimum atomic E-state index is -4.51. The monoisotopic (exact) mass is 461 g/mol. The number of aryl methyl sites for hydroxylation is 1. The van der Waals surface area contributed by atoms with E-state index in [1.165, 1.54) is 16.9 Å². The second-order valence-electron chi connectivity index (χ2n) is 7.52. The second kappa shape index (κ2) is 9.72. The Kier molecular flexibility index (Phi) is 7.00. The number of alkyl halides is 3. The van der Waals surface area contributed by atoms with E-state index in [9.17, 15) is 22.8 Å². The van der Waals surface area contributed by atoms with Crippen LogP contribution >= 0.6 is 0 Å². The van der Waals surface area contributed by atoms with Gasteiger partial charge in [-0.1, -0.05) is 26.0 Å². The van der Waals surface area contributed by atoms with Crippen molar-refractivity contribution in [1.29, 1.82) is 0 Å². The first-order valence-corrected chi connectivity index (χ1v) is 9.96. The lowest BCUT2D eigenvalue weighted by Gasteiger charge is -2.13. The molecule has 0 saturated heterocycles. The Balaban J connectivity index is 1.68. The zero-order chi connectivity index (χ0) is 24.2. The average Bonchev–Trinajstić information content (AvgIpc) is 3.21. The van der Waals surface area contributed by atoms with Gasteiger partial charge >= 0.3 is 6.18 Å². The van der Waals surface area contributed by atoms with Gasteiger partial charge in [0.1, 0.15) is 5.75 Å². The molecule has 0 aliphatic heterocycles.